The Hall–Kier alpha value is -1.02. The van der Waals surface area contributed by atoms with Crippen LogP contribution in [-0.2, 0) is 6.54 Å². The molecule has 1 N–H and O–H groups in total. The lowest BCUT2D eigenvalue weighted by Crippen LogP contribution is -2.24. The van der Waals surface area contributed by atoms with Gasteiger partial charge in [-0.3, -0.25) is 0 Å². The summed E-state index contributed by atoms with van der Waals surface area (Å²) in [6.45, 7) is 5.17. The van der Waals surface area contributed by atoms with Crippen LogP contribution in [0.5, 0.6) is 5.75 Å². The number of rotatable bonds is 8. The van der Waals surface area contributed by atoms with Gasteiger partial charge in [0.1, 0.15) is 5.75 Å². The van der Waals surface area contributed by atoms with Crippen molar-refractivity contribution >= 4 is 0 Å². The molecule has 0 saturated heterocycles. The first-order chi connectivity index (χ1) is 9.88. The Labute approximate surface area is 123 Å². The van der Waals surface area contributed by atoms with Gasteiger partial charge in [-0.25, -0.2) is 0 Å². The SMILES string of the molecule is CCCCOc1ccc(CNCC2CCCCC2)cc1. The van der Waals surface area contributed by atoms with Crippen LogP contribution in [-0.4, -0.2) is 13.2 Å². The third-order valence-electron chi connectivity index (χ3n) is 4.18. The monoisotopic (exact) mass is 275 g/mol. The zero-order valence-corrected chi connectivity index (χ0v) is 12.9. The molecule has 1 aliphatic carbocycles. The fourth-order valence-corrected chi connectivity index (χ4v) is 2.85. The van der Waals surface area contributed by atoms with E-state index in [1.807, 2.05) is 0 Å². The van der Waals surface area contributed by atoms with Gasteiger partial charge in [0, 0.05) is 6.54 Å². The molecule has 2 heteroatoms. The van der Waals surface area contributed by atoms with Gasteiger partial charge < -0.3 is 10.1 Å². The van der Waals surface area contributed by atoms with E-state index < -0.39 is 0 Å². The predicted molar refractivity (Wildman–Crippen MR) is 85.1 cm³/mol. The van der Waals surface area contributed by atoms with Gasteiger partial charge >= 0.3 is 0 Å². The molecule has 20 heavy (non-hydrogen) atoms. The number of nitrogens with one attached hydrogen (secondary N) is 1. The van der Waals surface area contributed by atoms with E-state index in [4.69, 9.17) is 4.74 Å². The maximum Gasteiger partial charge on any atom is 0.119 e. The number of hydrogen-bond acceptors (Lipinski definition) is 2. The van der Waals surface area contributed by atoms with Gasteiger partial charge in [-0.1, -0.05) is 44.7 Å². The Morgan fingerprint density at radius 1 is 1.10 bits per heavy atom. The first-order valence-electron chi connectivity index (χ1n) is 8.31. The molecule has 1 aromatic carbocycles. The molecule has 1 saturated carbocycles. The highest BCUT2D eigenvalue weighted by atomic mass is 16.5. The maximum atomic E-state index is 5.68. The summed E-state index contributed by atoms with van der Waals surface area (Å²) in [6.07, 6.45) is 9.44. The lowest BCUT2D eigenvalue weighted by molar-refractivity contribution is 0.309. The van der Waals surface area contributed by atoms with Gasteiger partial charge in [0.25, 0.3) is 0 Å². The van der Waals surface area contributed by atoms with Crippen LogP contribution in [0.3, 0.4) is 0 Å². The van der Waals surface area contributed by atoms with Crippen molar-refractivity contribution in [1.82, 2.24) is 5.32 Å². The molecule has 0 unspecified atom stereocenters. The molecule has 0 bridgehead atoms. The molecular formula is C18H29NO. The van der Waals surface area contributed by atoms with Crippen LogP contribution >= 0.6 is 0 Å². The minimum atomic E-state index is 0.829. The van der Waals surface area contributed by atoms with Crippen LogP contribution in [0, 0.1) is 5.92 Å². The quantitative estimate of drug-likeness (QED) is 0.703. The highest BCUT2D eigenvalue weighted by Crippen LogP contribution is 2.22. The van der Waals surface area contributed by atoms with Crippen molar-refractivity contribution in [3.05, 3.63) is 29.8 Å². The van der Waals surface area contributed by atoms with Crippen LogP contribution in [0.25, 0.3) is 0 Å². The first kappa shape index (κ1) is 15.4. The van der Waals surface area contributed by atoms with E-state index in [2.05, 4.69) is 36.5 Å². The van der Waals surface area contributed by atoms with Gasteiger partial charge in [-0.15, -0.1) is 0 Å². The van der Waals surface area contributed by atoms with Gasteiger partial charge in [0.15, 0.2) is 0 Å². The molecule has 112 valence electrons. The fourth-order valence-electron chi connectivity index (χ4n) is 2.85. The Morgan fingerprint density at radius 2 is 1.85 bits per heavy atom. The first-order valence-corrected chi connectivity index (χ1v) is 8.31. The Kier molecular flexibility index (Phi) is 6.93. The molecule has 1 fully saturated rings. The van der Waals surface area contributed by atoms with E-state index in [1.165, 1.54) is 50.6 Å². The van der Waals surface area contributed by atoms with Crippen LogP contribution in [0.4, 0.5) is 0 Å². The summed E-state index contributed by atoms with van der Waals surface area (Å²) in [6, 6.07) is 8.53. The summed E-state index contributed by atoms with van der Waals surface area (Å²) < 4.78 is 5.68. The zero-order chi connectivity index (χ0) is 14.0. The summed E-state index contributed by atoms with van der Waals surface area (Å²) in [7, 11) is 0. The molecule has 1 aliphatic rings. The molecule has 2 nitrogen and oxygen atoms in total. The fraction of sp³-hybridized carbons (Fsp3) is 0.667. The topological polar surface area (TPSA) is 21.3 Å². The lowest BCUT2D eigenvalue weighted by atomic mass is 9.89. The van der Waals surface area contributed by atoms with Crippen LogP contribution in [0.2, 0.25) is 0 Å². The summed E-state index contributed by atoms with van der Waals surface area (Å²) in [5.41, 5.74) is 1.35. The van der Waals surface area contributed by atoms with Crippen molar-refractivity contribution < 1.29 is 4.74 Å². The molecule has 1 aromatic rings. The average molecular weight is 275 g/mol. The standard InChI is InChI=1S/C18H29NO/c1-2-3-13-20-18-11-9-17(10-12-18)15-19-14-16-7-5-4-6-8-16/h9-12,16,19H,2-8,13-15H2,1H3. The third-order valence-corrected chi connectivity index (χ3v) is 4.18. The van der Waals surface area contributed by atoms with E-state index in [0.717, 1.165) is 31.2 Å². The molecular weight excluding hydrogens is 246 g/mol. The number of unbranched alkanes of at least 4 members (excludes halogenated alkanes) is 1. The van der Waals surface area contributed by atoms with Crippen LogP contribution in [0.1, 0.15) is 57.4 Å². The normalized spacial score (nSPS) is 16.2. The molecule has 0 atom stereocenters. The summed E-state index contributed by atoms with van der Waals surface area (Å²) in [4.78, 5) is 0. The lowest BCUT2D eigenvalue weighted by Gasteiger charge is -2.21. The van der Waals surface area contributed by atoms with Gasteiger partial charge in [-0.2, -0.15) is 0 Å². The Bertz CT molecular complexity index is 354. The predicted octanol–water partition coefficient (Wildman–Crippen LogP) is 4.54. The van der Waals surface area contributed by atoms with Crippen LogP contribution < -0.4 is 10.1 Å². The highest BCUT2D eigenvalue weighted by Gasteiger charge is 2.12. The zero-order valence-electron chi connectivity index (χ0n) is 12.9. The van der Waals surface area contributed by atoms with Gasteiger partial charge in [0.05, 0.1) is 6.61 Å². The molecule has 0 spiro atoms. The number of benzene rings is 1. The summed E-state index contributed by atoms with van der Waals surface area (Å²) in [5, 5.41) is 3.60. The maximum absolute atomic E-state index is 5.68. The van der Waals surface area contributed by atoms with E-state index in [0.29, 0.717) is 0 Å². The Balaban J connectivity index is 1.65. The summed E-state index contributed by atoms with van der Waals surface area (Å²) >= 11 is 0. The minimum absolute atomic E-state index is 0.829. The van der Waals surface area contributed by atoms with Crippen molar-refractivity contribution in [3.63, 3.8) is 0 Å². The average Bonchev–Trinajstić information content (AvgIpc) is 2.50. The second-order valence-electron chi connectivity index (χ2n) is 5.98. The third kappa shape index (κ3) is 5.54. The second-order valence-corrected chi connectivity index (χ2v) is 5.98. The smallest absolute Gasteiger partial charge is 0.119 e. The number of ether oxygens (including phenoxy) is 1. The van der Waals surface area contributed by atoms with Crippen molar-refractivity contribution in [2.24, 2.45) is 5.92 Å². The van der Waals surface area contributed by atoms with Gasteiger partial charge in [0.2, 0.25) is 0 Å². The van der Waals surface area contributed by atoms with Crippen molar-refractivity contribution in [3.8, 4) is 5.75 Å². The van der Waals surface area contributed by atoms with E-state index in [9.17, 15) is 0 Å². The Morgan fingerprint density at radius 3 is 2.55 bits per heavy atom. The van der Waals surface area contributed by atoms with Gasteiger partial charge in [-0.05, 0) is 49.4 Å². The molecule has 0 heterocycles. The largest absolute Gasteiger partial charge is 0.494 e. The van der Waals surface area contributed by atoms with E-state index in [-0.39, 0.29) is 0 Å². The van der Waals surface area contributed by atoms with E-state index in [1.54, 1.807) is 0 Å². The van der Waals surface area contributed by atoms with E-state index >= 15 is 0 Å². The molecule has 0 radical (unpaired) electrons. The van der Waals surface area contributed by atoms with Crippen LogP contribution in [0.15, 0.2) is 24.3 Å². The summed E-state index contributed by atoms with van der Waals surface area (Å²) in [5.74, 6) is 1.90. The van der Waals surface area contributed by atoms with Crippen molar-refractivity contribution in [2.75, 3.05) is 13.2 Å². The number of hydrogen-bond donors (Lipinski definition) is 1. The van der Waals surface area contributed by atoms with Crippen molar-refractivity contribution in [1.29, 1.82) is 0 Å². The highest BCUT2D eigenvalue weighted by molar-refractivity contribution is 5.27. The minimum Gasteiger partial charge on any atom is -0.494 e. The van der Waals surface area contributed by atoms with Crippen molar-refractivity contribution in [2.45, 2.75) is 58.4 Å². The molecule has 2 rings (SSSR count). The molecule has 0 aromatic heterocycles. The molecule has 0 amide bonds. The second kappa shape index (κ2) is 9.02. The molecule has 0 aliphatic heterocycles.